The minimum Gasteiger partial charge on any atom is -0.297 e. The topological polar surface area (TPSA) is 50.3 Å². The molecule has 0 N–H and O–H groups in total. The molecule has 0 spiro atoms. The minimum atomic E-state index is -3.32. The molecule has 0 bridgehead atoms. The van der Waals surface area contributed by atoms with E-state index in [9.17, 15) is 12.8 Å². The highest BCUT2D eigenvalue weighted by atomic mass is 32.2. The third kappa shape index (κ3) is 2.81. The van der Waals surface area contributed by atoms with Crippen LogP contribution in [0.3, 0.4) is 0 Å². The summed E-state index contributed by atoms with van der Waals surface area (Å²) in [6, 6.07) is 10.5. The summed E-state index contributed by atoms with van der Waals surface area (Å²) in [6.45, 7) is 2.08. The Morgan fingerprint density at radius 3 is 2.74 bits per heavy atom. The number of pyridine rings is 1. The van der Waals surface area contributed by atoms with Crippen LogP contribution in [0.25, 0.3) is 11.1 Å². The van der Waals surface area contributed by atoms with Crippen LogP contribution in [0.15, 0.2) is 58.3 Å². The first-order chi connectivity index (χ1) is 13.0. The van der Waals surface area contributed by atoms with Crippen molar-refractivity contribution >= 4 is 21.2 Å². The highest BCUT2D eigenvalue weighted by Crippen LogP contribution is 2.46. The van der Waals surface area contributed by atoms with E-state index in [-0.39, 0.29) is 11.2 Å². The normalized spacial score (nSPS) is 23.3. The molecule has 0 radical (unpaired) electrons. The summed E-state index contributed by atoms with van der Waals surface area (Å²) in [5, 5.41) is 3.77. The van der Waals surface area contributed by atoms with Crippen molar-refractivity contribution in [3.63, 3.8) is 0 Å². The molecule has 0 saturated carbocycles. The van der Waals surface area contributed by atoms with Gasteiger partial charge >= 0.3 is 0 Å². The fourth-order valence-electron chi connectivity index (χ4n) is 4.22. The molecular formula is C20H17FN2O2S2. The van der Waals surface area contributed by atoms with Crippen molar-refractivity contribution < 1.29 is 12.8 Å². The number of benzene rings is 1. The zero-order chi connectivity index (χ0) is 18.6. The van der Waals surface area contributed by atoms with Gasteiger partial charge in [-0.05, 0) is 57.8 Å². The van der Waals surface area contributed by atoms with Gasteiger partial charge in [0.2, 0.25) is 5.95 Å². The summed E-state index contributed by atoms with van der Waals surface area (Å²) >= 11 is 1.66. The van der Waals surface area contributed by atoms with E-state index in [2.05, 4.69) is 21.3 Å². The van der Waals surface area contributed by atoms with Crippen molar-refractivity contribution in [1.29, 1.82) is 0 Å². The third-order valence-electron chi connectivity index (χ3n) is 5.50. The summed E-state index contributed by atoms with van der Waals surface area (Å²) in [6.07, 6.45) is 1.48. The largest absolute Gasteiger partial charge is 0.297 e. The molecule has 4 nitrogen and oxygen atoms in total. The lowest BCUT2D eigenvalue weighted by atomic mass is 9.95. The maximum absolute atomic E-state index is 13.1. The van der Waals surface area contributed by atoms with Gasteiger partial charge in [-0.3, -0.25) is 4.90 Å². The molecule has 1 aromatic carbocycles. The Labute approximate surface area is 161 Å². The van der Waals surface area contributed by atoms with Crippen molar-refractivity contribution in [1.82, 2.24) is 9.88 Å². The second-order valence-corrected chi connectivity index (χ2v) is 10.1. The summed E-state index contributed by atoms with van der Waals surface area (Å²) in [5.41, 5.74) is 3.76. The van der Waals surface area contributed by atoms with Crippen LogP contribution in [0.4, 0.5) is 4.39 Å². The first kappa shape index (κ1) is 17.0. The highest BCUT2D eigenvalue weighted by molar-refractivity contribution is 7.92. The van der Waals surface area contributed by atoms with Crippen molar-refractivity contribution in [2.45, 2.75) is 22.6 Å². The molecule has 2 aliphatic heterocycles. The van der Waals surface area contributed by atoms with Crippen LogP contribution in [0, 0.1) is 5.95 Å². The molecule has 2 unspecified atom stereocenters. The maximum Gasteiger partial charge on any atom is 0.212 e. The summed E-state index contributed by atoms with van der Waals surface area (Å²) in [5.74, 6) is -0.542. The van der Waals surface area contributed by atoms with E-state index in [0.29, 0.717) is 11.4 Å². The maximum atomic E-state index is 13.1. The van der Waals surface area contributed by atoms with Crippen LogP contribution < -0.4 is 0 Å². The number of thiophene rings is 1. The van der Waals surface area contributed by atoms with Crippen LogP contribution in [-0.2, 0) is 16.4 Å². The van der Waals surface area contributed by atoms with Crippen molar-refractivity contribution in [3.8, 4) is 11.1 Å². The number of halogens is 1. The molecule has 1 fully saturated rings. The predicted molar refractivity (Wildman–Crippen MR) is 103 cm³/mol. The Balaban J connectivity index is 1.50. The fraction of sp³-hybridized carbons (Fsp3) is 0.250. The second-order valence-electron chi connectivity index (χ2n) is 7.14. The van der Waals surface area contributed by atoms with Gasteiger partial charge in [-0.15, -0.1) is 0 Å². The van der Waals surface area contributed by atoms with Gasteiger partial charge < -0.3 is 0 Å². The molecule has 2 aliphatic rings. The van der Waals surface area contributed by atoms with Gasteiger partial charge in [0.1, 0.15) is 0 Å². The lowest BCUT2D eigenvalue weighted by Crippen LogP contribution is -2.25. The number of sulfone groups is 1. The molecule has 0 amide bonds. The van der Waals surface area contributed by atoms with E-state index in [1.165, 1.54) is 17.8 Å². The Bertz CT molecular complexity index is 1100. The number of hydrogen-bond donors (Lipinski definition) is 0. The average molecular weight is 401 g/mol. The van der Waals surface area contributed by atoms with Gasteiger partial charge in [0.25, 0.3) is 0 Å². The van der Waals surface area contributed by atoms with Crippen molar-refractivity contribution in [2.75, 3.05) is 13.1 Å². The third-order valence-corrected chi connectivity index (χ3v) is 8.49. The van der Waals surface area contributed by atoms with Crippen molar-refractivity contribution in [3.05, 3.63) is 70.4 Å². The lowest BCUT2D eigenvalue weighted by molar-refractivity contribution is 0.326. The van der Waals surface area contributed by atoms with Crippen LogP contribution in [0.2, 0.25) is 0 Å². The van der Waals surface area contributed by atoms with E-state index in [1.54, 1.807) is 29.5 Å². The first-order valence-corrected chi connectivity index (χ1v) is 11.2. The Kier molecular flexibility index (Phi) is 3.93. The molecule has 5 rings (SSSR count). The van der Waals surface area contributed by atoms with Crippen LogP contribution in [0.5, 0.6) is 0 Å². The van der Waals surface area contributed by atoms with Crippen LogP contribution in [0.1, 0.15) is 17.0 Å². The molecular weight excluding hydrogens is 383 g/mol. The minimum absolute atomic E-state index is 0.0167. The predicted octanol–water partition coefficient (Wildman–Crippen LogP) is 3.70. The van der Waals surface area contributed by atoms with Gasteiger partial charge in [-0.1, -0.05) is 6.07 Å². The van der Waals surface area contributed by atoms with Gasteiger partial charge in [-0.25, -0.2) is 13.4 Å². The second kappa shape index (κ2) is 6.22. The lowest BCUT2D eigenvalue weighted by Gasteiger charge is -2.16. The molecule has 0 aliphatic carbocycles. The van der Waals surface area contributed by atoms with Crippen LogP contribution >= 0.6 is 11.3 Å². The first-order valence-electron chi connectivity index (χ1n) is 8.75. The Morgan fingerprint density at radius 1 is 1.15 bits per heavy atom. The van der Waals surface area contributed by atoms with E-state index in [0.717, 1.165) is 29.8 Å². The number of hydrogen-bond acceptors (Lipinski definition) is 5. The number of nitrogens with zero attached hydrogens (tertiary/aromatic N) is 2. The van der Waals surface area contributed by atoms with E-state index in [1.807, 2.05) is 11.4 Å². The summed E-state index contributed by atoms with van der Waals surface area (Å²) < 4.78 is 39.1. The quantitative estimate of drug-likeness (QED) is 0.629. The molecule has 138 valence electrons. The summed E-state index contributed by atoms with van der Waals surface area (Å²) in [7, 11) is -3.32. The average Bonchev–Trinajstić information content (AvgIpc) is 3.35. The molecule has 3 aromatic rings. The molecule has 27 heavy (non-hydrogen) atoms. The van der Waals surface area contributed by atoms with Gasteiger partial charge in [-0.2, -0.15) is 15.7 Å². The van der Waals surface area contributed by atoms with E-state index < -0.39 is 15.8 Å². The van der Waals surface area contributed by atoms with E-state index >= 15 is 0 Å². The fourth-order valence-corrected chi connectivity index (χ4v) is 7.08. The van der Waals surface area contributed by atoms with Gasteiger partial charge in [0.05, 0.1) is 10.1 Å². The number of aromatic nitrogens is 1. The van der Waals surface area contributed by atoms with Crippen LogP contribution in [-0.4, -0.2) is 36.6 Å². The monoisotopic (exact) mass is 400 g/mol. The highest BCUT2D eigenvalue weighted by Gasteiger charge is 2.50. The standard InChI is InChI=1S/C20H17FN2O2S2/c21-20-4-2-15(8-22-20)14-1-3-18-16(7-14)17-10-23(9-13-5-6-26-12-13)11-19(17)27(18,24)25/h1-8,12,17,19H,9-11H2. The molecule has 2 aromatic heterocycles. The molecule has 2 atom stereocenters. The van der Waals surface area contributed by atoms with Gasteiger partial charge in [0.15, 0.2) is 9.84 Å². The molecule has 4 heterocycles. The van der Waals surface area contributed by atoms with Crippen molar-refractivity contribution in [2.24, 2.45) is 0 Å². The Hall–Kier alpha value is -2.09. The number of likely N-dealkylation sites (tertiary alicyclic amines) is 1. The summed E-state index contributed by atoms with van der Waals surface area (Å²) in [4.78, 5) is 6.38. The number of rotatable bonds is 3. The zero-order valence-electron chi connectivity index (χ0n) is 14.4. The Morgan fingerprint density at radius 2 is 2.00 bits per heavy atom. The smallest absolute Gasteiger partial charge is 0.212 e. The molecule has 1 saturated heterocycles. The van der Waals surface area contributed by atoms with E-state index in [4.69, 9.17) is 0 Å². The number of fused-ring (bicyclic) bond motifs is 3. The zero-order valence-corrected chi connectivity index (χ0v) is 16.0. The van der Waals surface area contributed by atoms with Gasteiger partial charge in [0, 0.05) is 37.3 Å². The SMILES string of the molecule is O=S1(=O)c2ccc(-c3ccc(F)nc3)cc2C2CN(Cc3ccsc3)CC21. The molecule has 7 heteroatoms.